The van der Waals surface area contributed by atoms with Gasteiger partial charge in [0, 0.05) is 23.6 Å². The summed E-state index contributed by atoms with van der Waals surface area (Å²) in [6, 6.07) is 12.6. The van der Waals surface area contributed by atoms with Crippen molar-refractivity contribution in [3.05, 3.63) is 74.9 Å². The average molecular weight is 530 g/mol. The molecular weight excluding hydrogens is 495 g/mol. The van der Waals surface area contributed by atoms with E-state index in [0.717, 1.165) is 22.5 Å². The van der Waals surface area contributed by atoms with Crippen molar-refractivity contribution < 1.29 is 9.59 Å². The molecule has 0 fully saturated rings. The molecular formula is C28H34Cl2N4O2. The molecule has 8 heteroatoms. The Morgan fingerprint density at radius 3 is 2.36 bits per heavy atom. The summed E-state index contributed by atoms with van der Waals surface area (Å²) in [5.41, 5.74) is 4.13. The Bertz CT molecular complexity index is 1280. The number of aromatic nitrogens is 2. The van der Waals surface area contributed by atoms with E-state index in [0.29, 0.717) is 28.0 Å². The van der Waals surface area contributed by atoms with Crippen LogP contribution in [0.5, 0.6) is 0 Å². The Hall–Kier alpha value is -2.83. The van der Waals surface area contributed by atoms with Crippen molar-refractivity contribution in [2.24, 2.45) is 5.92 Å². The van der Waals surface area contributed by atoms with Crippen LogP contribution in [0.25, 0.3) is 5.69 Å². The summed E-state index contributed by atoms with van der Waals surface area (Å²) in [7, 11) is 0. The SMILES string of the molecule is Cc1cccc(-n2nc(C(C)(C)C)cc2NC(=O)CN(CC(C)C)C(=O)c2ccc(Cl)c(Cl)c2)c1C. The molecule has 0 saturated heterocycles. The zero-order valence-corrected chi connectivity index (χ0v) is 23.5. The fraction of sp³-hybridized carbons (Fsp3) is 0.393. The zero-order chi connectivity index (χ0) is 26.8. The van der Waals surface area contributed by atoms with E-state index in [1.54, 1.807) is 16.8 Å². The molecule has 0 atom stereocenters. The van der Waals surface area contributed by atoms with Gasteiger partial charge in [-0.1, -0.05) is 70.0 Å². The van der Waals surface area contributed by atoms with Crippen molar-refractivity contribution in [2.75, 3.05) is 18.4 Å². The van der Waals surface area contributed by atoms with Crippen LogP contribution < -0.4 is 5.32 Å². The van der Waals surface area contributed by atoms with Crippen molar-refractivity contribution in [1.82, 2.24) is 14.7 Å². The highest BCUT2D eigenvalue weighted by atomic mass is 35.5. The molecule has 2 amide bonds. The monoisotopic (exact) mass is 528 g/mol. The van der Waals surface area contributed by atoms with E-state index in [-0.39, 0.29) is 29.7 Å². The number of halogens is 2. The second kappa shape index (κ2) is 11.1. The van der Waals surface area contributed by atoms with Gasteiger partial charge in [-0.15, -0.1) is 0 Å². The molecule has 1 N–H and O–H groups in total. The lowest BCUT2D eigenvalue weighted by Gasteiger charge is -2.24. The smallest absolute Gasteiger partial charge is 0.254 e. The third-order valence-electron chi connectivity index (χ3n) is 5.92. The van der Waals surface area contributed by atoms with E-state index in [2.05, 4.69) is 26.1 Å². The van der Waals surface area contributed by atoms with Crippen LogP contribution >= 0.6 is 23.2 Å². The number of rotatable bonds is 7. The molecule has 6 nitrogen and oxygen atoms in total. The number of anilines is 1. The van der Waals surface area contributed by atoms with Gasteiger partial charge >= 0.3 is 0 Å². The van der Waals surface area contributed by atoms with Crippen LogP contribution in [0.3, 0.4) is 0 Å². The molecule has 1 aromatic heterocycles. The predicted octanol–water partition coefficient (Wildman–Crippen LogP) is 6.83. The molecule has 0 saturated carbocycles. The summed E-state index contributed by atoms with van der Waals surface area (Å²) in [4.78, 5) is 28.1. The number of aryl methyl sites for hydroxylation is 1. The zero-order valence-electron chi connectivity index (χ0n) is 21.9. The van der Waals surface area contributed by atoms with Crippen molar-refractivity contribution in [1.29, 1.82) is 0 Å². The van der Waals surface area contributed by atoms with Gasteiger partial charge in [0.15, 0.2) is 0 Å². The van der Waals surface area contributed by atoms with Crippen molar-refractivity contribution in [3.8, 4) is 5.69 Å². The third-order valence-corrected chi connectivity index (χ3v) is 6.66. The first-order chi connectivity index (χ1) is 16.8. The van der Waals surface area contributed by atoms with Crippen molar-refractivity contribution in [3.63, 3.8) is 0 Å². The summed E-state index contributed by atoms with van der Waals surface area (Å²) in [6.07, 6.45) is 0. The quantitative estimate of drug-likeness (QED) is 0.365. The molecule has 3 aromatic rings. The topological polar surface area (TPSA) is 67.2 Å². The van der Waals surface area contributed by atoms with E-state index in [4.69, 9.17) is 28.3 Å². The summed E-state index contributed by atoms with van der Waals surface area (Å²) in [5.74, 6) is 0.134. The highest BCUT2D eigenvalue weighted by molar-refractivity contribution is 6.42. The fourth-order valence-electron chi connectivity index (χ4n) is 3.81. The van der Waals surface area contributed by atoms with Crippen molar-refractivity contribution in [2.45, 2.75) is 53.9 Å². The molecule has 0 aliphatic rings. The lowest BCUT2D eigenvalue weighted by molar-refractivity contribution is -0.117. The summed E-state index contributed by atoms with van der Waals surface area (Å²) < 4.78 is 1.77. The first kappa shape index (κ1) is 27.8. The van der Waals surface area contributed by atoms with Gasteiger partial charge in [0.2, 0.25) is 5.91 Å². The molecule has 192 valence electrons. The predicted molar refractivity (Wildman–Crippen MR) is 148 cm³/mol. The summed E-state index contributed by atoms with van der Waals surface area (Å²) in [5, 5.41) is 8.49. The van der Waals surface area contributed by atoms with E-state index >= 15 is 0 Å². The van der Waals surface area contributed by atoms with Gasteiger partial charge in [-0.25, -0.2) is 4.68 Å². The number of carbonyl (C=O) groups excluding carboxylic acids is 2. The highest BCUT2D eigenvalue weighted by Crippen LogP contribution is 2.28. The van der Waals surface area contributed by atoms with Crippen LogP contribution in [0, 0.1) is 19.8 Å². The Morgan fingerprint density at radius 1 is 1.06 bits per heavy atom. The minimum atomic E-state index is -0.309. The van der Waals surface area contributed by atoms with Gasteiger partial charge in [0.25, 0.3) is 5.91 Å². The molecule has 3 rings (SSSR count). The maximum atomic E-state index is 13.3. The maximum absolute atomic E-state index is 13.3. The second-order valence-corrected chi connectivity index (χ2v) is 11.4. The largest absolute Gasteiger partial charge is 0.329 e. The Balaban J connectivity index is 1.92. The number of nitrogens with zero attached hydrogens (tertiary/aromatic N) is 3. The first-order valence-electron chi connectivity index (χ1n) is 12.0. The number of hydrogen-bond acceptors (Lipinski definition) is 3. The molecule has 0 spiro atoms. The lowest BCUT2D eigenvalue weighted by atomic mass is 9.92. The molecule has 0 unspecified atom stereocenters. The normalized spacial score (nSPS) is 11.6. The number of amides is 2. The van der Waals surface area contributed by atoms with Crippen LogP contribution in [0.1, 0.15) is 61.8 Å². The Labute approximate surface area is 223 Å². The number of carbonyl (C=O) groups is 2. The molecule has 36 heavy (non-hydrogen) atoms. The van der Waals surface area contributed by atoms with Crippen LogP contribution in [-0.4, -0.2) is 39.6 Å². The Kier molecular flexibility index (Phi) is 8.52. The van der Waals surface area contributed by atoms with Gasteiger partial charge in [-0.05, 0) is 55.2 Å². The van der Waals surface area contributed by atoms with Crippen LogP contribution in [0.15, 0.2) is 42.5 Å². The second-order valence-electron chi connectivity index (χ2n) is 10.6. The molecule has 0 bridgehead atoms. The van der Waals surface area contributed by atoms with Gasteiger partial charge < -0.3 is 10.2 Å². The van der Waals surface area contributed by atoms with Gasteiger partial charge in [0.1, 0.15) is 12.4 Å². The standard InChI is InChI=1S/C28H34Cl2N4O2/c1-17(2)15-33(27(36)20-11-12-21(29)22(30)13-20)16-26(35)31-25-14-24(28(5,6)7)32-34(25)23-10-8-9-18(3)19(23)4/h8-14,17H,15-16H2,1-7H3,(H,31,35). The fourth-order valence-corrected chi connectivity index (χ4v) is 4.11. The molecule has 0 aliphatic carbocycles. The molecule has 2 aromatic carbocycles. The lowest BCUT2D eigenvalue weighted by Crippen LogP contribution is -2.40. The first-order valence-corrected chi connectivity index (χ1v) is 12.7. The van der Waals surface area contributed by atoms with E-state index in [9.17, 15) is 9.59 Å². The molecule has 0 aliphatic heterocycles. The molecule has 1 heterocycles. The number of nitrogens with one attached hydrogen (secondary N) is 1. The highest BCUT2D eigenvalue weighted by Gasteiger charge is 2.25. The van der Waals surface area contributed by atoms with Crippen molar-refractivity contribution >= 4 is 40.8 Å². The van der Waals surface area contributed by atoms with E-state index in [1.807, 2.05) is 52.0 Å². The van der Waals surface area contributed by atoms with Crippen LogP contribution in [-0.2, 0) is 10.2 Å². The minimum Gasteiger partial charge on any atom is -0.329 e. The van der Waals surface area contributed by atoms with Gasteiger partial charge in [-0.2, -0.15) is 5.10 Å². The van der Waals surface area contributed by atoms with Crippen LogP contribution in [0.4, 0.5) is 5.82 Å². The summed E-state index contributed by atoms with van der Waals surface area (Å²) in [6.45, 7) is 14.6. The van der Waals surface area contributed by atoms with Crippen LogP contribution in [0.2, 0.25) is 10.0 Å². The van der Waals surface area contributed by atoms with E-state index < -0.39 is 0 Å². The third kappa shape index (κ3) is 6.48. The minimum absolute atomic E-state index is 0.111. The molecule has 0 radical (unpaired) electrons. The number of hydrogen-bond donors (Lipinski definition) is 1. The number of benzene rings is 2. The van der Waals surface area contributed by atoms with E-state index in [1.165, 1.54) is 11.0 Å². The van der Waals surface area contributed by atoms with Gasteiger partial charge in [-0.3, -0.25) is 9.59 Å². The maximum Gasteiger partial charge on any atom is 0.254 e. The summed E-state index contributed by atoms with van der Waals surface area (Å²) >= 11 is 12.1. The van der Waals surface area contributed by atoms with Gasteiger partial charge in [0.05, 0.1) is 21.4 Å². The Morgan fingerprint density at radius 2 is 1.75 bits per heavy atom. The average Bonchev–Trinajstić information content (AvgIpc) is 3.20.